The van der Waals surface area contributed by atoms with Crippen molar-refractivity contribution in [2.75, 3.05) is 7.11 Å². The molecule has 1 aromatic heterocycles. The number of hydrogen-bond acceptors (Lipinski definition) is 4. The van der Waals surface area contributed by atoms with Gasteiger partial charge in [-0.2, -0.15) is 5.10 Å². The molecule has 3 aromatic rings. The number of ether oxygens (including phenoxy) is 2. The molecule has 0 saturated carbocycles. The maximum Gasteiger partial charge on any atom is 0.251 e. The summed E-state index contributed by atoms with van der Waals surface area (Å²) in [6.45, 7) is 6.99. The van der Waals surface area contributed by atoms with Crippen LogP contribution >= 0.6 is 11.6 Å². The highest BCUT2D eigenvalue weighted by Gasteiger charge is 2.17. The molecule has 1 atom stereocenters. The second kappa shape index (κ2) is 9.67. The third kappa shape index (κ3) is 5.13. The SMILES string of the molecule is CCn1cc(C(C)NC(=O)c2ccc(OC)c(COc3ccc(Cl)cc3)c2)c(C)n1. The second-order valence-electron chi connectivity index (χ2n) is 6.99. The zero-order valence-electron chi connectivity index (χ0n) is 17.6. The number of methoxy groups -OCH3 is 1. The molecule has 1 unspecified atom stereocenters. The zero-order valence-corrected chi connectivity index (χ0v) is 18.4. The van der Waals surface area contributed by atoms with Crippen molar-refractivity contribution in [1.82, 2.24) is 15.1 Å². The number of rotatable bonds is 8. The summed E-state index contributed by atoms with van der Waals surface area (Å²) in [5.74, 6) is 1.18. The number of amides is 1. The molecule has 3 rings (SSSR count). The molecule has 1 amide bonds. The fraction of sp³-hybridized carbons (Fsp3) is 0.304. The summed E-state index contributed by atoms with van der Waals surface area (Å²) >= 11 is 5.91. The van der Waals surface area contributed by atoms with Gasteiger partial charge in [-0.1, -0.05) is 11.6 Å². The molecule has 0 aliphatic rings. The van der Waals surface area contributed by atoms with E-state index in [-0.39, 0.29) is 18.6 Å². The van der Waals surface area contributed by atoms with Gasteiger partial charge in [-0.25, -0.2) is 0 Å². The fourth-order valence-corrected chi connectivity index (χ4v) is 3.33. The maximum atomic E-state index is 12.8. The van der Waals surface area contributed by atoms with Gasteiger partial charge in [0.2, 0.25) is 0 Å². The molecule has 0 aliphatic carbocycles. The lowest BCUT2D eigenvalue weighted by molar-refractivity contribution is 0.0939. The maximum absolute atomic E-state index is 12.8. The Kier molecular flexibility index (Phi) is 7.00. The Bertz CT molecular complexity index is 1020. The van der Waals surface area contributed by atoms with Crippen LogP contribution in [0, 0.1) is 6.92 Å². The molecule has 1 N–H and O–H groups in total. The number of aromatic nitrogens is 2. The van der Waals surface area contributed by atoms with Gasteiger partial charge in [-0.05, 0) is 63.2 Å². The summed E-state index contributed by atoms with van der Waals surface area (Å²) in [6.07, 6.45) is 1.97. The third-order valence-electron chi connectivity index (χ3n) is 4.87. The molecule has 1 heterocycles. The number of nitrogens with one attached hydrogen (secondary N) is 1. The van der Waals surface area contributed by atoms with Gasteiger partial charge in [-0.3, -0.25) is 9.48 Å². The van der Waals surface area contributed by atoms with Crippen molar-refractivity contribution >= 4 is 17.5 Å². The molecule has 0 radical (unpaired) electrons. The van der Waals surface area contributed by atoms with Gasteiger partial charge in [0, 0.05) is 34.5 Å². The highest BCUT2D eigenvalue weighted by molar-refractivity contribution is 6.30. The van der Waals surface area contributed by atoms with Crippen LogP contribution in [-0.4, -0.2) is 22.8 Å². The quantitative estimate of drug-likeness (QED) is 0.552. The van der Waals surface area contributed by atoms with Gasteiger partial charge >= 0.3 is 0 Å². The Balaban J connectivity index is 1.73. The first-order valence-corrected chi connectivity index (χ1v) is 10.2. The number of benzene rings is 2. The molecule has 158 valence electrons. The van der Waals surface area contributed by atoms with Crippen molar-refractivity contribution in [3.8, 4) is 11.5 Å². The van der Waals surface area contributed by atoms with Crippen LogP contribution in [0.5, 0.6) is 11.5 Å². The smallest absolute Gasteiger partial charge is 0.251 e. The van der Waals surface area contributed by atoms with Crippen molar-refractivity contribution in [2.45, 2.75) is 40.0 Å². The second-order valence-corrected chi connectivity index (χ2v) is 7.43. The highest BCUT2D eigenvalue weighted by atomic mass is 35.5. The van der Waals surface area contributed by atoms with E-state index in [9.17, 15) is 4.79 Å². The van der Waals surface area contributed by atoms with E-state index in [1.54, 1.807) is 49.6 Å². The van der Waals surface area contributed by atoms with Crippen LogP contribution in [0.2, 0.25) is 5.02 Å². The van der Waals surface area contributed by atoms with Crippen LogP contribution in [0.4, 0.5) is 0 Å². The van der Waals surface area contributed by atoms with Crippen molar-refractivity contribution < 1.29 is 14.3 Å². The molecule has 30 heavy (non-hydrogen) atoms. The lowest BCUT2D eigenvalue weighted by Crippen LogP contribution is -2.27. The van der Waals surface area contributed by atoms with E-state index < -0.39 is 0 Å². The predicted octanol–water partition coefficient (Wildman–Crippen LogP) is 4.94. The summed E-state index contributed by atoms with van der Waals surface area (Å²) < 4.78 is 13.1. The molecule has 0 bridgehead atoms. The molecule has 0 saturated heterocycles. The Morgan fingerprint density at radius 3 is 2.60 bits per heavy atom. The Morgan fingerprint density at radius 1 is 1.23 bits per heavy atom. The van der Waals surface area contributed by atoms with E-state index in [0.29, 0.717) is 22.1 Å². The van der Waals surface area contributed by atoms with Gasteiger partial charge in [-0.15, -0.1) is 0 Å². The van der Waals surface area contributed by atoms with E-state index in [2.05, 4.69) is 10.4 Å². The largest absolute Gasteiger partial charge is 0.496 e. The third-order valence-corrected chi connectivity index (χ3v) is 5.12. The van der Waals surface area contributed by atoms with Crippen molar-refractivity contribution in [3.05, 3.63) is 76.1 Å². The number of hydrogen-bond donors (Lipinski definition) is 1. The molecule has 0 spiro atoms. The Labute approximate surface area is 181 Å². The standard InChI is InChI=1S/C23H26ClN3O3/c1-5-27-13-21(16(3)26-27)15(2)25-23(28)17-6-11-22(29-4)18(12-17)14-30-20-9-7-19(24)8-10-20/h6-13,15H,5,14H2,1-4H3,(H,25,28). The van der Waals surface area contributed by atoms with E-state index in [1.807, 2.05) is 31.6 Å². The normalized spacial score (nSPS) is 11.8. The summed E-state index contributed by atoms with van der Waals surface area (Å²) in [7, 11) is 1.59. The summed E-state index contributed by atoms with van der Waals surface area (Å²) in [4.78, 5) is 12.8. The van der Waals surface area contributed by atoms with Crippen LogP contribution in [0.15, 0.2) is 48.7 Å². The fourth-order valence-electron chi connectivity index (χ4n) is 3.20. The van der Waals surface area contributed by atoms with Gasteiger partial charge in [0.25, 0.3) is 5.91 Å². The summed E-state index contributed by atoms with van der Waals surface area (Å²) in [5, 5.41) is 8.14. The van der Waals surface area contributed by atoms with Gasteiger partial charge < -0.3 is 14.8 Å². The first kappa shape index (κ1) is 21.7. The minimum absolute atomic E-state index is 0.159. The average Bonchev–Trinajstić information content (AvgIpc) is 3.14. The lowest BCUT2D eigenvalue weighted by atomic mass is 10.1. The van der Waals surface area contributed by atoms with E-state index in [1.165, 1.54) is 0 Å². The molecule has 6 nitrogen and oxygen atoms in total. The van der Waals surface area contributed by atoms with E-state index in [0.717, 1.165) is 23.4 Å². The van der Waals surface area contributed by atoms with Crippen LogP contribution in [0.3, 0.4) is 0 Å². The van der Waals surface area contributed by atoms with Gasteiger partial charge in [0.1, 0.15) is 18.1 Å². The van der Waals surface area contributed by atoms with Crippen LogP contribution in [0.25, 0.3) is 0 Å². The molecular weight excluding hydrogens is 402 g/mol. The lowest BCUT2D eigenvalue weighted by Gasteiger charge is -2.15. The number of nitrogens with zero attached hydrogens (tertiary/aromatic N) is 2. The highest BCUT2D eigenvalue weighted by Crippen LogP contribution is 2.24. The number of aryl methyl sites for hydroxylation is 2. The molecular formula is C23H26ClN3O3. The van der Waals surface area contributed by atoms with Crippen molar-refractivity contribution in [3.63, 3.8) is 0 Å². The number of carbonyl (C=O) groups is 1. The van der Waals surface area contributed by atoms with Crippen LogP contribution < -0.4 is 14.8 Å². The topological polar surface area (TPSA) is 65.4 Å². The van der Waals surface area contributed by atoms with Gasteiger partial charge in [0.05, 0.1) is 18.8 Å². The number of carbonyl (C=O) groups excluding carboxylic acids is 1. The van der Waals surface area contributed by atoms with Crippen LogP contribution in [0.1, 0.15) is 47.1 Å². The van der Waals surface area contributed by atoms with Crippen LogP contribution in [-0.2, 0) is 13.2 Å². The van der Waals surface area contributed by atoms with Gasteiger partial charge in [0.15, 0.2) is 0 Å². The zero-order chi connectivity index (χ0) is 21.7. The van der Waals surface area contributed by atoms with Crippen molar-refractivity contribution in [1.29, 1.82) is 0 Å². The first-order chi connectivity index (χ1) is 14.4. The Hall–Kier alpha value is -2.99. The molecule has 0 aliphatic heterocycles. The summed E-state index contributed by atoms with van der Waals surface area (Å²) in [5.41, 5.74) is 3.24. The minimum Gasteiger partial charge on any atom is -0.496 e. The monoisotopic (exact) mass is 427 g/mol. The number of halogens is 1. The minimum atomic E-state index is -0.165. The first-order valence-electron chi connectivity index (χ1n) is 9.81. The molecule has 7 heteroatoms. The summed E-state index contributed by atoms with van der Waals surface area (Å²) in [6, 6.07) is 12.3. The molecule has 2 aromatic carbocycles. The molecule has 0 fully saturated rings. The van der Waals surface area contributed by atoms with Crippen molar-refractivity contribution in [2.24, 2.45) is 0 Å². The van der Waals surface area contributed by atoms with E-state index >= 15 is 0 Å². The predicted molar refractivity (Wildman–Crippen MR) is 117 cm³/mol. The van der Waals surface area contributed by atoms with E-state index in [4.69, 9.17) is 21.1 Å². The Morgan fingerprint density at radius 2 is 1.97 bits per heavy atom. The average molecular weight is 428 g/mol.